The lowest BCUT2D eigenvalue weighted by Gasteiger charge is -2.22. The summed E-state index contributed by atoms with van der Waals surface area (Å²) in [7, 11) is 11.3. The van der Waals surface area contributed by atoms with Gasteiger partial charge in [-0.2, -0.15) is 0 Å². The molecule has 0 aliphatic rings. The van der Waals surface area contributed by atoms with Gasteiger partial charge >= 0.3 is 0 Å². The van der Waals surface area contributed by atoms with Gasteiger partial charge in [0, 0.05) is 34.7 Å². The summed E-state index contributed by atoms with van der Waals surface area (Å²) in [6, 6.07) is 5.83. The molecular weight excluding hydrogens is 381 g/mol. The Morgan fingerprint density at radius 2 is 1.67 bits per heavy atom. The monoisotopic (exact) mass is 407 g/mol. The van der Waals surface area contributed by atoms with Gasteiger partial charge in [0.1, 0.15) is 11.5 Å². The summed E-state index contributed by atoms with van der Waals surface area (Å²) in [6.07, 6.45) is 0.811. The van der Waals surface area contributed by atoms with Crippen molar-refractivity contribution in [2.45, 2.75) is 6.42 Å². The maximum absolute atomic E-state index is 5.37. The van der Waals surface area contributed by atoms with E-state index in [4.69, 9.17) is 9.47 Å². The van der Waals surface area contributed by atoms with Crippen molar-refractivity contribution >= 4 is 29.9 Å². The molecule has 6 heteroatoms. The Labute approximate surface area is 145 Å². The number of hydrogen-bond acceptors (Lipinski definition) is 3. The summed E-state index contributed by atoms with van der Waals surface area (Å²) in [6.45, 7) is 0.704. The van der Waals surface area contributed by atoms with Gasteiger partial charge in [0.05, 0.1) is 14.2 Å². The summed E-state index contributed by atoms with van der Waals surface area (Å²) < 4.78 is 10.6. The third kappa shape index (κ3) is 5.99. The number of aliphatic imine (C=N–C) groups is 1. The molecule has 0 saturated heterocycles. The second-order valence-corrected chi connectivity index (χ2v) is 4.90. The van der Waals surface area contributed by atoms with Crippen molar-refractivity contribution < 1.29 is 9.47 Å². The Kier molecular flexibility index (Phi) is 9.16. The molecule has 0 aliphatic heterocycles. The smallest absolute Gasteiger partial charge is 0.195 e. The Morgan fingerprint density at radius 3 is 2.14 bits per heavy atom. The molecule has 0 heterocycles. The van der Waals surface area contributed by atoms with Crippen LogP contribution in [-0.4, -0.2) is 64.7 Å². The standard InChI is InChI=1S/C15H25N3O2.HI/c1-17(2)15(18(3)4)16-10-9-12-11-13(19-5)7-8-14(12)20-6;/h7-8,11H,9-10H2,1-6H3;1H. The second kappa shape index (κ2) is 9.70. The van der Waals surface area contributed by atoms with Crippen LogP contribution >= 0.6 is 24.0 Å². The Bertz CT molecular complexity index is 452. The van der Waals surface area contributed by atoms with Crippen molar-refractivity contribution in [3.05, 3.63) is 23.8 Å². The maximum Gasteiger partial charge on any atom is 0.195 e. The minimum atomic E-state index is 0. The summed E-state index contributed by atoms with van der Waals surface area (Å²) in [5.74, 6) is 2.66. The first kappa shape index (κ1) is 19.8. The number of nitrogens with zero attached hydrogens (tertiary/aromatic N) is 3. The van der Waals surface area contributed by atoms with Crippen molar-refractivity contribution in [3.63, 3.8) is 0 Å². The highest BCUT2D eigenvalue weighted by Gasteiger charge is 2.07. The van der Waals surface area contributed by atoms with Crippen LogP contribution in [0, 0.1) is 0 Å². The fourth-order valence-electron chi connectivity index (χ4n) is 2.04. The molecule has 0 bridgehead atoms. The van der Waals surface area contributed by atoms with Crippen LogP contribution in [0.25, 0.3) is 0 Å². The molecule has 1 aromatic carbocycles. The van der Waals surface area contributed by atoms with E-state index in [1.165, 1.54) is 0 Å². The Hall–Kier alpha value is -1.18. The highest BCUT2D eigenvalue weighted by Crippen LogP contribution is 2.24. The van der Waals surface area contributed by atoms with E-state index in [1.54, 1.807) is 14.2 Å². The highest BCUT2D eigenvalue weighted by molar-refractivity contribution is 14.0. The minimum Gasteiger partial charge on any atom is -0.497 e. The van der Waals surface area contributed by atoms with E-state index in [1.807, 2.05) is 56.2 Å². The van der Waals surface area contributed by atoms with Crippen LogP contribution in [-0.2, 0) is 6.42 Å². The molecule has 0 unspecified atom stereocenters. The van der Waals surface area contributed by atoms with Gasteiger partial charge in [0.15, 0.2) is 5.96 Å². The molecule has 0 amide bonds. The molecule has 21 heavy (non-hydrogen) atoms. The molecule has 0 N–H and O–H groups in total. The molecule has 5 nitrogen and oxygen atoms in total. The first-order valence-corrected chi connectivity index (χ1v) is 6.59. The van der Waals surface area contributed by atoms with Crippen molar-refractivity contribution in [1.82, 2.24) is 9.80 Å². The maximum atomic E-state index is 5.37. The van der Waals surface area contributed by atoms with Crippen molar-refractivity contribution in [2.75, 3.05) is 49.0 Å². The quantitative estimate of drug-likeness (QED) is 0.427. The lowest BCUT2D eigenvalue weighted by Crippen LogP contribution is -2.35. The van der Waals surface area contributed by atoms with Crippen LogP contribution in [0.2, 0.25) is 0 Å². The van der Waals surface area contributed by atoms with E-state index in [9.17, 15) is 0 Å². The van der Waals surface area contributed by atoms with Gasteiger partial charge in [-0.3, -0.25) is 4.99 Å². The molecule has 0 aliphatic carbocycles. The van der Waals surface area contributed by atoms with Crippen LogP contribution in [0.15, 0.2) is 23.2 Å². The first-order valence-electron chi connectivity index (χ1n) is 6.59. The fraction of sp³-hybridized carbons (Fsp3) is 0.533. The van der Waals surface area contributed by atoms with E-state index < -0.39 is 0 Å². The van der Waals surface area contributed by atoms with Gasteiger partial charge < -0.3 is 19.3 Å². The van der Waals surface area contributed by atoms with E-state index in [0.29, 0.717) is 6.54 Å². The average Bonchev–Trinajstić information content (AvgIpc) is 2.42. The van der Waals surface area contributed by atoms with Gasteiger partial charge in [0.2, 0.25) is 0 Å². The van der Waals surface area contributed by atoms with Crippen molar-refractivity contribution in [3.8, 4) is 11.5 Å². The van der Waals surface area contributed by atoms with Gasteiger partial charge in [-0.15, -0.1) is 24.0 Å². The van der Waals surface area contributed by atoms with Gasteiger partial charge in [0.25, 0.3) is 0 Å². The lowest BCUT2D eigenvalue weighted by molar-refractivity contribution is 0.398. The molecule has 1 aromatic rings. The van der Waals surface area contributed by atoms with Crippen LogP contribution in [0.1, 0.15) is 5.56 Å². The molecule has 0 aromatic heterocycles. The second-order valence-electron chi connectivity index (χ2n) is 4.90. The molecule has 120 valence electrons. The summed E-state index contributed by atoms with van der Waals surface area (Å²) in [4.78, 5) is 8.63. The SMILES string of the molecule is COc1ccc(OC)c(CCN=C(N(C)C)N(C)C)c1.I. The number of guanidine groups is 1. The van der Waals surface area contributed by atoms with E-state index in [2.05, 4.69) is 4.99 Å². The Balaban J connectivity index is 0.00000400. The molecule has 0 fully saturated rings. The summed E-state index contributed by atoms with van der Waals surface area (Å²) >= 11 is 0. The fourth-order valence-corrected chi connectivity index (χ4v) is 2.04. The zero-order valence-electron chi connectivity index (χ0n) is 13.7. The van der Waals surface area contributed by atoms with Gasteiger partial charge in [-0.25, -0.2) is 0 Å². The predicted molar refractivity (Wildman–Crippen MR) is 98.3 cm³/mol. The van der Waals surface area contributed by atoms with Gasteiger partial charge in [-0.1, -0.05) is 0 Å². The third-order valence-electron chi connectivity index (χ3n) is 2.92. The molecule has 1 rings (SSSR count). The van der Waals surface area contributed by atoms with Crippen LogP contribution in [0.5, 0.6) is 11.5 Å². The third-order valence-corrected chi connectivity index (χ3v) is 2.92. The van der Waals surface area contributed by atoms with Crippen LogP contribution < -0.4 is 9.47 Å². The van der Waals surface area contributed by atoms with Crippen LogP contribution in [0.3, 0.4) is 0 Å². The lowest BCUT2D eigenvalue weighted by atomic mass is 10.1. The first-order chi connectivity index (χ1) is 9.49. The topological polar surface area (TPSA) is 37.3 Å². The summed E-state index contributed by atoms with van der Waals surface area (Å²) in [5.41, 5.74) is 1.10. The van der Waals surface area contributed by atoms with E-state index in [0.717, 1.165) is 29.4 Å². The number of benzene rings is 1. The zero-order chi connectivity index (χ0) is 15.1. The average molecular weight is 407 g/mol. The number of rotatable bonds is 5. The highest BCUT2D eigenvalue weighted by atomic mass is 127. The molecule has 0 radical (unpaired) electrons. The largest absolute Gasteiger partial charge is 0.497 e. The zero-order valence-corrected chi connectivity index (χ0v) is 16.0. The van der Waals surface area contributed by atoms with Crippen molar-refractivity contribution in [1.29, 1.82) is 0 Å². The van der Waals surface area contributed by atoms with Crippen molar-refractivity contribution in [2.24, 2.45) is 4.99 Å². The number of halogens is 1. The molecule has 0 saturated carbocycles. The predicted octanol–water partition coefficient (Wildman–Crippen LogP) is 2.34. The minimum absolute atomic E-state index is 0. The van der Waals surface area contributed by atoms with E-state index in [-0.39, 0.29) is 24.0 Å². The number of hydrogen-bond donors (Lipinski definition) is 0. The number of ether oxygens (including phenoxy) is 2. The van der Waals surface area contributed by atoms with E-state index >= 15 is 0 Å². The molecular formula is C15H26IN3O2. The van der Waals surface area contributed by atoms with Crippen LogP contribution in [0.4, 0.5) is 0 Å². The molecule has 0 spiro atoms. The summed E-state index contributed by atoms with van der Waals surface area (Å²) in [5, 5.41) is 0. The van der Waals surface area contributed by atoms with Gasteiger partial charge in [-0.05, 0) is 30.2 Å². The normalized spacial score (nSPS) is 9.43. The Morgan fingerprint density at radius 1 is 1.05 bits per heavy atom. The number of methoxy groups -OCH3 is 2. The molecule has 0 atom stereocenters.